The zero-order valence-corrected chi connectivity index (χ0v) is 10.1. The molecule has 1 aromatic carbocycles. The van der Waals surface area contributed by atoms with Crippen molar-refractivity contribution >= 4 is 0 Å². The lowest BCUT2D eigenvalue weighted by Crippen LogP contribution is -2.08. The third-order valence-corrected chi connectivity index (χ3v) is 3.39. The molecule has 0 aliphatic heterocycles. The Hall–Kier alpha value is -1.68. The van der Waals surface area contributed by atoms with Gasteiger partial charge in [-0.25, -0.2) is 4.39 Å². The Morgan fingerprint density at radius 3 is 2.61 bits per heavy atom. The van der Waals surface area contributed by atoms with E-state index in [0.717, 1.165) is 11.1 Å². The molecule has 0 spiro atoms. The first-order chi connectivity index (χ1) is 8.78. The summed E-state index contributed by atoms with van der Waals surface area (Å²) in [4.78, 5) is 0. The third kappa shape index (κ3) is 2.16. The van der Waals surface area contributed by atoms with Crippen LogP contribution in [-0.2, 0) is 13.1 Å². The number of aromatic nitrogens is 2. The summed E-state index contributed by atoms with van der Waals surface area (Å²) in [6.07, 6.45) is 4.31. The van der Waals surface area contributed by atoms with E-state index in [0.29, 0.717) is 19.0 Å². The molecular formula is C14H16FN3. The van der Waals surface area contributed by atoms with Crippen LogP contribution in [0, 0.1) is 5.82 Å². The molecule has 1 aromatic heterocycles. The molecule has 2 N–H and O–H groups in total. The van der Waals surface area contributed by atoms with Crippen LogP contribution in [0.2, 0.25) is 0 Å². The van der Waals surface area contributed by atoms with E-state index >= 15 is 0 Å². The summed E-state index contributed by atoms with van der Waals surface area (Å²) in [6.45, 7) is 1.22. The average molecular weight is 245 g/mol. The second-order valence-corrected chi connectivity index (χ2v) is 4.82. The summed E-state index contributed by atoms with van der Waals surface area (Å²) < 4.78 is 14.9. The maximum absolute atomic E-state index is 12.9. The minimum atomic E-state index is -0.204. The van der Waals surface area contributed by atoms with E-state index in [2.05, 4.69) is 5.10 Å². The van der Waals surface area contributed by atoms with Crippen molar-refractivity contribution in [2.24, 2.45) is 5.73 Å². The van der Waals surface area contributed by atoms with E-state index in [1.54, 1.807) is 12.1 Å². The van der Waals surface area contributed by atoms with E-state index in [-0.39, 0.29) is 5.82 Å². The van der Waals surface area contributed by atoms with Crippen LogP contribution < -0.4 is 5.73 Å². The van der Waals surface area contributed by atoms with Crippen molar-refractivity contribution in [1.29, 1.82) is 0 Å². The van der Waals surface area contributed by atoms with Gasteiger partial charge in [0.25, 0.3) is 0 Å². The van der Waals surface area contributed by atoms with Crippen molar-refractivity contribution in [3.63, 3.8) is 0 Å². The summed E-state index contributed by atoms with van der Waals surface area (Å²) in [6, 6.07) is 6.57. The zero-order chi connectivity index (χ0) is 12.5. The molecular weight excluding hydrogens is 229 g/mol. The van der Waals surface area contributed by atoms with Crippen LogP contribution >= 0.6 is 0 Å². The van der Waals surface area contributed by atoms with Gasteiger partial charge < -0.3 is 5.73 Å². The molecule has 94 valence electrons. The predicted molar refractivity (Wildman–Crippen MR) is 67.6 cm³/mol. The number of nitrogens with zero attached hydrogens (tertiary/aromatic N) is 2. The Morgan fingerprint density at radius 1 is 1.28 bits per heavy atom. The average Bonchev–Trinajstić information content (AvgIpc) is 3.14. The summed E-state index contributed by atoms with van der Waals surface area (Å²) in [7, 11) is 0. The van der Waals surface area contributed by atoms with Crippen LogP contribution in [0.15, 0.2) is 30.5 Å². The van der Waals surface area contributed by atoms with Gasteiger partial charge in [-0.2, -0.15) is 5.10 Å². The lowest BCUT2D eigenvalue weighted by molar-refractivity contribution is 0.620. The van der Waals surface area contributed by atoms with Gasteiger partial charge >= 0.3 is 0 Å². The Bertz CT molecular complexity index is 541. The first-order valence-electron chi connectivity index (χ1n) is 6.27. The van der Waals surface area contributed by atoms with Crippen molar-refractivity contribution in [2.75, 3.05) is 0 Å². The number of rotatable bonds is 4. The Balaban J connectivity index is 1.88. The zero-order valence-electron chi connectivity index (χ0n) is 10.1. The largest absolute Gasteiger partial charge is 0.326 e. The highest BCUT2D eigenvalue weighted by Gasteiger charge is 2.29. The van der Waals surface area contributed by atoms with Gasteiger partial charge in [0.15, 0.2) is 0 Å². The topological polar surface area (TPSA) is 43.8 Å². The minimum absolute atomic E-state index is 0.204. The lowest BCUT2D eigenvalue weighted by atomic mass is 10.1. The van der Waals surface area contributed by atoms with Crippen LogP contribution in [0.25, 0.3) is 0 Å². The van der Waals surface area contributed by atoms with Crippen molar-refractivity contribution in [3.8, 4) is 0 Å². The van der Waals surface area contributed by atoms with Crippen molar-refractivity contribution < 1.29 is 4.39 Å². The van der Waals surface area contributed by atoms with Gasteiger partial charge in [-0.15, -0.1) is 0 Å². The molecule has 0 saturated heterocycles. The van der Waals surface area contributed by atoms with Crippen LogP contribution in [0.4, 0.5) is 4.39 Å². The van der Waals surface area contributed by atoms with E-state index < -0.39 is 0 Å². The predicted octanol–water partition coefficient (Wildman–Crippen LogP) is 2.41. The lowest BCUT2D eigenvalue weighted by Gasteiger charge is -2.08. The molecule has 1 aliphatic carbocycles. The monoisotopic (exact) mass is 245 g/mol. The standard InChI is InChI=1S/C14H16FN3/c15-13-5-1-10(2-6-13)9-18-14(11-3-4-11)12(7-16)8-17-18/h1-2,5-6,8,11H,3-4,7,9,16H2. The third-order valence-electron chi connectivity index (χ3n) is 3.39. The van der Waals surface area contributed by atoms with Gasteiger partial charge in [0, 0.05) is 23.7 Å². The fraction of sp³-hybridized carbons (Fsp3) is 0.357. The van der Waals surface area contributed by atoms with Gasteiger partial charge in [-0.3, -0.25) is 4.68 Å². The SMILES string of the molecule is NCc1cnn(Cc2ccc(F)cc2)c1C1CC1. The number of nitrogens with two attached hydrogens (primary N) is 1. The molecule has 1 fully saturated rings. The maximum Gasteiger partial charge on any atom is 0.123 e. The second-order valence-electron chi connectivity index (χ2n) is 4.82. The van der Waals surface area contributed by atoms with Gasteiger partial charge in [0.05, 0.1) is 12.7 Å². The smallest absolute Gasteiger partial charge is 0.123 e. The highest BCUT2D eigenvalue weighted by atomic mass is 19.1. The van der Waals surface area contributed by atoms with E-state index in [4.69, 9.17) is 5.73 Å². The van der Waals surface area contributed by atoms with Crippen LogP contribution in [0.3, 0.4) is 0 Å². The molecule has 1 saturated carbocycles. The Kier molecular flexibility index (Phi) is 2.88. The molecule has 1 heterocycles. The first-order valence-corrected chi connectivity index (χ1v) is 6.27. The molecule has 4 heteroatoms. The number of hydrogen-bond acceptors (Lipinski definition) is 2. The fourth-order valence-corrected chi connectivity index (χ4v) is 2.31. The molecule has 2 aromatic rings. The molecule has 0 radical (unpaired) electrons. The van der Waals surface area contributed by atoms with E-state index in [1.165, 1.54) is 30.7 Å². The molecule has 3 rings (SSSR count). The molecule has 3 nitrogen and oxygen atoms in total. The Morgan fingerprint density at radius 2 is 2.00 bits per heavy atom. The van der Waals surface area contributed by atoms with Crippen molar-refractivity contribution in [2.45, 2.75) is 31.8 Å². The summed E-state index contributed by atoms with van der Waals surface area (Å²) >= 11 is 0. The number of hydrogen-bond donors (Lipinski definition) is 1. The van der Waals surface area contributed by atoms with E-state index in [9.17, 15) is 4.39 Å². The fourth-order valence-electron chi connectivity index (χ4n) is 2.31. The molecule has 0 bridgehead atoms. The van der Waals surface area contributed by atoms with Crippen molar-refractivity contribution in [1.82, 2.24) is 9.78 Å². The summed E-state index contributed by atoms with van der Waals surface area (Å²) in [5, 5.41) is 4.41. The molecule has 0 amide bonds. The molecule has 1 aliphatic rings. The van der Waals surface area contributed by atoms with E-state index in [1.807, 2.05) is 10.9 Å². The minimum Gasteiger partial charge on any atom is -0.326 e. The first kappa shape index (κ1) is 11.4. The van der Waals surface area contributed by atoms with Crippen LogP contribution in [0.1, 0.15) is 35.6 Å². The highest BCUT2D eigenvalue weighted by molar-refractivity contribution is 5.27. The van der Waals surface area contributed by atoms with Gasteiger partial charge in [-0.1, -0.05) is 12.1 Å². The Labute approximate surface area is 105 Å². The quantitative estimate of drug-likeness (QED) is 0.899. The second kappa shape index (κ2) is 4.53. The molecule has 0 atom stereocenters. The van der Waals surface area contributed by atoms with Gasteiger partial charge in [0.2, 0.25) is 0 Å². The number of halogens is 1. The normalized spacial score (nSPS) is 15.0. The van der Waals surface area contributed by atoms with Crippen LogP contribution in [0.5, 0.6) is 0 Å². The summed E-state index contributed by atoms with van der Waals surface area (Å²) in [5.41, 5.74) is 9.20. The molecule has 0 unspecified atom stereocenters. The van der Waals surface area contributed by atoms with Crippen LogP contribution in [-0.4, -0.2) is 9.78 Å². The summed E-state index contributed by atoms with van der Waals surface area (Å²) in [5.74, 6) is 0.413. The molecule has 18 heavy (non-hydrogen) atoms. The van der Waals surface area contributed by atoms with Gasteiger partial charge in [-0.05, 0) is 30.5 Å². The highest BCUT2D eigenvalue weighted by Crippen LogP contribution is 2.41. The maximum atomic E-state index is 12.9. The van der Waals surface area contributed by atoms with Gasteiger partial charge in [0.1, 0.15) is 5.82 Å². The number of benzene rings is 1. The van der Waals surface area contributed by atoms with Crippen molar-refractivity contribution in [3.05, 3.63) is 53.1 Å².